The van der Waals surface area contributed by atoms with Gasteiger partial charge in [0.25, 0.3) is 5.91 Å². The molecule has 0 aromatic heterocycles. The Morgan fingerprint density at radius 1 is 0.833 bits per heavy atom. The maximum absolute atomic E-state index is 13.4. The highest BCUT2D eigenvalue weighted by atomic mass is 19.1. The molecule has 1 saturated heterocycles. The molecule has 1 aliphatic rings. The number of carbonyl (C=O) groups excluding carboxylic acids is 1. The van der Waals surface area contributed by atoms with Gasteiger partial charge in [0.05, 0.1) is 0 Å². The van der Waals surface area contributed by atoms with Crippen LogP contribution in [0.15, 0.2) is 72.8 Å². The molecule has 0 saturated carbocycles. The van der Waals surface area contributed by atoms with Crippen LogP contribution in [-0.2, 0) is 0 Å². The Morgan fingerprint density at radius 3 is 2.20 bits per heavy atom. The van der Waals surface area contributed by atoms with Crippen LogP contribution in [0.1, 0.15) is 15.9 Å². The highest BCUT2D eigenvalue weighted by molar-refractivity contribution is 5.96. The average Bonchev–Trinajstić information content (AvgIpc) is 2.79. The van der Waals surface area contributed by atoms with Crippen molar-refractivity contribution in [3.05, 3.63) is 89.7 Å². The molecule has 0 aliphatic carbocycles. The lowest BCUT2D eigenvalue weighted by Crippen LogP contribution is -2.48. The van der Waals surface area contributed by atoms with E-state index < -0.39 is 0 Å². The SMILES string of the molecule is N=C(N)c1cccc(N2CCN(C(=O)c3ccc(-c4cccc(F)c4)cc3)CC2)c1. The monoisotopic (exact) mass is 402 g/mol. The highest BCUT2D eigenvalue weighted by Gasteiger charge is 2.22. The molecule has 0 unspecified atom stereocenters. The molecule has 1 amide bonds. The zero-order valence-electron chi connectivity index (χ0n) is 16.5. The van der Waals surface area contributed by atoms with Gasteiger partial charge in [0.1, 0.15) is 11.7 Å². The number of nitrogens with zero attached hydrogens (tertiary/aromatic N) is 2. The number of nitrogens with two attached hydrogens (primary N) is 1. The number of amidine groups is 1. The summed E-state index contributed by atoms with van der Waals surface area (Å²) in [6, 6.07) is 21.3. The number of nitrogen functional groups attached to an aromatic ring is 1. The normalized spacial score (nSPS) is 13.9. The number of anilines is 1. The topological polar surface area (TPSA) is 73.4 Å². The predicted octanol–water partition coefficient (Wildman–Crippen LogP) is 3.74. The van der Waals surface area contributed by atoms with Crippen LogP contribution in [0.5, 0.6) is 0 Å². The minimum atomic E-state index is -0.278. The minimum Gasteiger partial charge on any atom is -0.384 e. The maximum Gasteiger partial charge on any atom is 0.253 e. The summed E-state index contributed by atoms with van der Waals surface area (Å²) in [4.78, 5) is 16.9. The van der Waals surface area contributed by atoms with Gasteiger partial charge in [-0.15, -0.1) is 0 Å². The smallest absolute Gasteiger partial charge is 0.253 e. The van der Waals surface area contributed by atoms with Gasteiger partial charge in [-0.1, -0.05) is 36.4 Å². The number of rotatable bonds is 4. The van der Waals surface area contributed by atoms with E-state index in [4.69, 9.17) is 11.1 Å². The Balaban J connectivity index is 1.41. The quantitative estimate of drug-likeness (QED) is 0.516. The van der Waals surface area contributed by atoms with E-state index in [0.29, 0.717) is 37.3 Å². The summed E-state index contributed by atoms with van der Waals surface area (Å²) in [5, 5.41) is 7.60. The fourth-order valence-corrected chi connectivity index (χ4v) is 3.69. The summed E-state index contributed by atoms with van der Waals surface area (Å²) in [5.74, 6) is -0.232. The molecule has 0 atom stereocenters. The van der Waals surface area contributed by atoms with E-state index in [9.17, 15) is 9.18 Å². The van der Waals surface area contributed by atoms with Crippen molar-refractivity contribution in [2.45, 2.75) is 0 Å². The van der Waals surface area contributed by atoms with E-state index in [1.165, 1.54) is 12.1 Å². The second-order valence-corrected chi connectivity index (χ2v) is 7.33. The molecule has 1 fully saturated rings. The number of halogens is 1. The first-order valence-electron chi connectivity index (χ1n) is 9.86. The van der Waals surface area contributed by atoms with Gasteiger partial charge in [0.2, 0.25) is 0 Å². The van der Waals surface area contributed by atoms with Gasteiger partial charge in [0, 0.05) is 43.0 Å². The van der Waals surface area contributed by atoms with Crippen molar-refractivity contribution < 1.29 is 9.18 Å². The number of carbonyl (C=O) groups is 1. The van der Waals surface area contributed by atoms with Crippen molar-refractivity contribution in [1.29, 1.82) is 5.41 Å². The number of hydrogen-bond donors (Lipinski definition) is 2. The zero-order valence-corrected chi connectivity index (χ0v) is 16.5. The van der Waals surface area contributed by atoms with E-state index in [1.54, 1.807) is 18.2 Å². The van der Waals surface area contributed by atoms with E-state index >= 15 is 0 Å². The first kappa shape index (κ1) is 19.6. The van der Waals surface area contributed by atoms with Gasteiger partial charge in [-0.25, -0.2) is 4.39 Å². The van der Waals surface area contributed by atoms with Crippen LogP contribution in [0.3, 0.4) is 0 Å². The van der Waals surface area contributed by atoms with E-state index in [1.807, 2.05) is 47.4 Å². The van der Waals surface area contributed by atoms with Crippen molar-refractivity contribution in [2.75, 3.05) is 31.1 Å². The van der Waals surface area contributed by atoms with Crippen molar-refractivity contribution in [2.24, 2.45) is 5.73 Å². The second kappa shape index (κ2) is 8.37. The molecule has 5 nitrogen and oxygen atoms in total. The fraction of sp³-hybridized carbons (Fsp3) is 0.167. The summed E-state index contributed by atoms with van der Waals surface area (Å²) >= 11 is 0. The van der Waals surface area contributed by atoms with Crippen molar-refractivity contribution in [3.63, 3.8) is 0 Å². The van der Waals surface area contributed by atoms with Gasteiger partial charge >= 0.3 is 0 Å². The average molecular weight is 402 g/mol. The summed E-state index contributed by atoms with van der Waals surface area (Å²) < 4.78 is 13.4. The van der Waals surface area contributed by atoms with Gasteiger partial charge in [-0.3, -0.25) is 10.2 Å². The third kappa shape index (κ3) is 4.17. The summed E-state index contributed by atoms with van der Waals surface area (Å²) in [7, 11) is 0. The van der Waals surface area contributed by atoms with Crippen LogP contribution in [0.4, 0.5) is 10.1 Å². The van der Waals surface area contributed by atoms with Gasteiger partial charge in [-0.2, -0.15) is 0 Å². The van der Waals surface area contributed by atoms with Crippen LogP contribution >= 0.6 is 0 Å². The predicted molar refractivity (Wildman–Crippen MR) is 117 cm³/mol. The van der Waals surface area contributed by atoms with Crippen LogP contribution in [-0.4, -0.2) is 42.8 Å². The molecular weight excluding hydrogens is 379 g/mol. The van der Waals surface area contributed by atoms with E-state index in [0.717, 1.165) is 16.8 Å². The molecule has 0 radical (unpaired) electrons. The summed E-state index contributed by atoms with van der Waals surface area (Å²) in [6.45, 7) is 2.67. The van der Waals surface area contributed by atoms with Crippen molar-refractivity contribution in [3.8, 4) is 11.1 Å². The largest absolute Gasteiger partial charge is 0.384 e. The Morgan fingerprint density at radius 2 is 1.53 bits per heavy atom. The zero-order chi connectivity index (χ0) is 21.1. The molecular formula is C24H23FN4O. The first-order chi connectivity index (χ1) is 14.5. The number of amides is 1. The minimum absolute atomic E-state index is 0.00192. The number of benzene rings is 3. The van der Waals surface area contributed by atoms with Gasteiger partial charge in [0.15, 0.2) is 0 Å². The molecule has 3 aromatic rings. The van der Waals surface area contributed by atoms with Crippen LogP contribution < -0.4 is 10.6 Å². The van der Waals surface area contributed by atoms with Gasteiger partial charge < -0.3 is 15.5 Å². The third-order valence-electron chi connectivity index (χ3n) is 5.38. The number of hydrogen-bond acceptors (Lipinski definition) is 3. The van der Waals surface area contributed by atoms with Crippen molar-refractivity contribution in [1.82, 2.24) is 4.90 Å². The van der Waals surface area contributed by atoms with Gasteiger partial charge in [-0.05, 0) is 47.5 Å². The Labute approximate surface area is 175 Å². The maximum atomic E-state index is 13.4. The van der Waals surface area contributed by atoms with Crippen LogP contribution in [0.25, 0.3) is 11.1 Å². The molecule has 152 valence electrons. The first-order valence-corrected chi connectivity index (χ1v) is 9.86. The van der Waals surface area contributed by atoms with E-state index in [-0.39, 0.29) is 17.6 Å². The van der Waals surface area contributed by atoms with Crippen LogP contribution in [0, 0.1) is 11.2 Å². The number of nitrogens with one attached hydrogen (secondary N) is 1. The molecule has 3 aromatic carbocycles. The van der Waals surface area contributed by atoms with Crippen molar-refractivity contribution >= 4 is 17.4 Å². The molecule has 30 heavy (non-hydrogen) atoms. The van der Waals surface area contributed by atoms with E-state index in [2.05, 4.69) is 4.90 Å². The molecule has 0 bridgehead atoms. The Bertz CT molecular complexity index is 1070. The third-order valence-corrected chi connectivity index (χ3v) is 5.38. The molecule has 0 spiro atoms. The molecule has 1 heterocycles. The molecule has 4 rings (SSSR count). The second-order valence-electron chi connectivity index (χ2n) is 7.33. The Hall–Kier alpha value is -3.67. The summed E-state index contributed by atoms with van der Waals surface area (Å²) in [5.41, 5.74) is 9.58. The molecule has 3 N–H and O–H groups in total. The lowest BCUT2D eigenvalue weighted by atomic mass is 10.0. The lowest BCUT2D eigenvalue weighted by molar-refractivity contribution is 0.0747. The summed E-state index contributed by atoms with van der Waals surface area (Å²) in [6.07, 6.45) is 0. The molecule has 1 aliphatic heterocycles. The Kier molecular flexibility index (Phi) is 5.48. The number of piperazine rings is 1. The standard InChI is InChI=1S/C24H23FN4O/c25-21-5-1-3-19(15-21)17-7-9-18(10-8-17)24(30)29-13-11-28(12-14-29)22-6-2-4-20(16-22)23(26)27/h1-10,15-16H,11-14H2,(H3,26,27). The fourth-order valence-electron chi connectivity index (χ4n) is 3.69. The van der Waals surface area contributed by atoms with Crippen LogP contribution in [0.2, 0.25) is 0 Å². The highest BCUT2D eigenvalue weighted by Crippen LogP contribution is 2.22. The lowest BCUT2D eigenvalue weighted by Gasteiger charge is -2.36. The molecule has 6 heteroatoms.